The van der Waals surface area contributed by atoms with Gasteiger partial charge in [-0.05, 0) is 37.7 Å². The van der Waals surface area contributed by atoms with E-state index in [1.807, 2.05) is 13.1 Å². The van der Waals surface area contributed by atoms with Gasteiger partial charge in [-0.25, -0.2) is 13.1 Å². The van der Waals surface area contributed by atoms with Crippen molar-refractivity contribution >= 4 is 20.9 Å². The van der Waals surface area contributed by atoms with Gasteiger partial charge in [0, 0.05) is 17.1 Å². The summed E-state index contributed by atoms with van der Waals surface area (Å²) >= 11 is 0. The first-order valence-corrected chi connectivity index (χ1v) is 6.04. The van der Waals surface area contributed by atoms with Crippen LogP contribution in [-0.2, 0) is 10.0 Å². The van der Waals surface area contributed by atoms with Crippen molar-refractivity contribution in [3.05, 3.63) is 30.0 Å². The van der Waals surface area contributed by atoms with Crippen molar-refractivity contribution < 1.29 is 8.42 Å². The van der Waals surface area contributed by atoms with E-state index in [1.165, 1.54) is 7.05 Å². The van der Waals surface area contributed by atoms with Crippen molar-refractivity contribution in [1.29, 1.82) is 0 Å². The third kappa shape index (κ3) is 1.64. The van der Waals surface area contributed by atoms with E-state index in [9.17, 15) is 8.42 Å². The van der Waals surface area contributed by atoms with E-state index >= 15 is 0 Å². The average Bonchev–Trinajstić information content (AvgIpc) is 2.60. The van der Waals surface area contributed by atoms with Gasteiger partial charge in [-0.3, -0.25) is 0 Å². The molecule has 0 aliphatic rings. The van der Waals surface area contributed by atoms with Gasteiger partial charge in [-0.15, -0.1) is 0 Å². The fraction of sp³-hybridized carbons (Fsp3) is 0.200. The lowest BCUT2D eigenvalue weighted by molar-refractivity contribution is 0.588. The minimum atomic E-state index is -3.35. The van der Waals surface area contributed by atoms with Crippen LogP contribution in [0.3, 0.4) is 0 Å². The van der Waals surface area contributed by atoms with E-state index < -0.39 is 10.0 Å². The summed E-state index contributed by atoms with van der Waals surface area (Å²) in [5, 5.41) is 0.936. The van der Waals surface area contributed by atoms with Crippen LogP contribution in [0.5, 0.6) is 0 Å². The Bertz CT molecular complexity index is 599. The number of aromatic amines is 1. The minimum absolute atomic E-state index is 0.292. The van der Waals surface area contributed by atoms with Gasteiger partial charge >= 0.3 is 0 Å². The normalized spacial score (nSPS) is 12.1. The lowest BCUT2D eigenvalue weighted by atomic mass is 10.2. The molecule has 0 fully saturated rings. The summed E-state index contributed by atoms with van der Waals surface area (Å²) in [6.07, 6.45) is 1.86. The Morgan fingerprint density at radius 3 is 2.73 bits per heavy atom. The second-order valence-corrected chi connectivity index (χ2v) is 5.27. The fourth-order valence-corrected chi connectivity index (χ4v) is 2.28. The Morgan fingerprint density at radius 1 is 1.33 bits per heavy atom. The summed E-state index contributed by atoms with van der Waals surface area (Å²) in [5.41, 5.74) is 1.99. The Labute approximate surface area is 88.4 Å². The molecule has 1 aromatic carbocycles. The zero-order valence-corrected chi connectivity index (χ0v) is 9.35. The molecule has 15 heavy (non-hydrogen) atoms. The highest BCUT2D eigenvalue weighted by Gasteiger charge is 2.12. The molecular formula is C10H12N2O2S. The highest BCUT2D eigenvalue weighted by Crippen LogP contribution is 2.21. The molecule has 0 unspecified atom stereocenters. The second kappa shape index (κ2) is 3.36. The molecule has 2 rings (SSSR count). The number of H-pyrrole nitrogens is 1. The average molecular weight is 224 g/mol. The number of fused-ring (bicyclic) bond motifs is 1. The number of nitrogens with one attached hydrogen (secondary N) is 2. The van der Waals surface area contributed by atoms with E-state index in [0.29, 0.717) is 4.90 Å². The number of aryl methyl sites for hydroxylation is 1. The first-order valence-electron chi connectivity index (χ1n) is 4.56. The summed E-state index contributed by atoms with van der Waals surface area (Å²) in [6, 6.07) is 5.03. The quantitative estimate of drug-likeness (QED) is 0.809. The van der Waals surface area contributed by atoms with Crippen LogP contribution in [-0.4, -0.2) is 20.4 Å². The highest BCUT2D eigenvalue weighted by molar-refractivity contribution is 7.89. The van der Waals surface area contributed by atoms with Crippen LogP contribution in [0.25, 0.3) is 10.9 Å². The molecule has 0 amide bonds. The maximum Gasteiger partial charge on any atom is 0.240 e. The third-order valence-corrected chi connectivity index (χ3v) is 3.85. The second-order valence-electron chi connectivity index (χ2n) is 3.39. The van der Waals surface area contributed by atoms with Crippen molar-refractivity contribution in [1.82, 2.24) is 9.71 Å². The van der Waals surface area contributed by atoms with Crippen LogP contribution in [0.2, 0.25) is 0 Å². The smallest absolute Gasteiger partial charge is 0.240 e. The van der Waals surface area contributed by atoms with Crippen molar-refractivity contribution in [2.75, 3.05) is 7.05 Å². The zero-order valence-electron chi connectivity index (χ0n) is 8.53. The van der Waals surface area contributed by atoms with Gasteiger partial charge < -0.3 is 4.98 Å². The van der Waals surface area contributed by atoms with E-state index in [0.717, 1.165) is 16.5 Å². The topological polar surface area (TPSA) is 62.0 Å². The minimum Gasteiger partial charge on any atom is -0.361 e. The number of benzene rings is 1. The molecule has 2 N–H and O–H groups in total. The number of aromatic nitrogens is 1. The molecule has 0 aliphatic carbocycles. The molecule has 4 nitrogen and oxygen atoms in total. The summed E-state index contributed by atoms with van der Waals surface area (Å²) in [5.74, 6) is 0. The van der Waals surface area contributed by atoms with Gasteiger partial charge in [0.05, 0.1) is 4.90 Å². The molecule has 0 bridgehead atoms. The number of hydrogen-bond donors (Lipinski definition) is 2. The first kappa shape index (κ1) is 10.2. The van der Waals surface area contributed by atoms with Gasteiger partial charge in [0.15, 0.2) is 0 Å². The Hall–Kier alpha value is -1.33. The summed E-state index contributed by atoms with van der Waals surface area (Å²) < 4.78 is 25.4. The lowest BCUT2D eigenvalue weighted by Gasteiger charge is -2.02. The predicted octanol–water partition coefficient (Wildman–Crippen LogP) is 1.38. The van der Waals surface area contributed by atoms with Gasteiger partial charge in [0.1, 0.15) is 0 Å². The summed E-state index contributed by atoms with van der Waals surface area (Å²) in [6.45, 7) is 1.94. The molecule has 5 heteroatoms. The molecule has 0 spiro atoms. The number of hydrogen-bond acceptors (Lipinski definition) is 2. The molecule has 2 aromatic rings. The molecule has 0 saturated heterocycles. The first-order chi connectivity index (χ1) is 7.04. The summed E-state index contributed by atoms with van der Waals surface area (Å²) in [4.78, 5) is 3.36. The Balaban J connectivity index is 2.70. The van der Waals surface area contributed by atoms with Crippen LogP contribution < -0.4 is 4.72 Å². The molecule has 0 aliphatic heterocycles. The Kier molecular flexibility index (Phi) is 2.28. The molecular weight excluding hydrogens is 212 g/mol. The van der Waals surface area contributed by atoms with Crippen LogP contribution in [0.4, 0.5) is 0 Å². The van der Waals surface area contributed by atoms with Crippen LogP contribution in [0.15, 0.2) is 29.3 Å². The molecule has 1 heterocycles. The third-order valence-electron chi connectivity index (χ3n) is 2.44. The number of rotatable bonds is 2. The van der Waals surface area contributed by atoms with E-state index in [1.54, 1.807) is 18.2 Å². The van der Waals surface area contributed by atoms with Crippen molar-refractivity contribution in [2.24, 2.45) is 0 Å². The standard InChI is InChI=1S/C10H12N2O2S/c1-7-6-12-10-4-3-8(5-9(7)10)15(13,14)11-2/h3-6,11-12H,1-2H3. The molecule has 1 aromatic heterocycles. The Morgan fingerprint density at radius 2 is 2.07 bits per heavy atom. The SMILES string of the molecule is CNS(=O)(=O)c1ccc2[nH]cc(C)c2c1. The van der Waals surface area contributed by atoms with Crippen molar-refractivity contribution in [3.63, 3.8) is 0 Å². The molecule has 0 radical (unpaired) electrons. The predicted molar refractivity (Wildman–Crippen MR) is 59.3 cm³/mol. The monoisotopic (exact) mass is 224 g/mol. The fourth-order valence-electron chi connectivity index (χ4n) is 1.52. The van der Waals surface area contributed by atoms with E-state index in [4.69, 9.17) is 0 Å². The van der Waals surface area contributed by atoms with Crippen molar-refractivity contribution in [2.45, 2.75) is 11.8 Å². The largest absolute Gasteiger partial charge is 0.361 e. The van der Waals surface area contributed by atoms with Crippen molar-refractivity contribution in [3.8, 4) is 0 Å². The molecule has 80 valence electrons. The zero-order chi connectivity index (χ0) is 11.1. The van der Waals surface area contributed by atoms with Gasteiger partial charge in [-0.2, -0.15) is 0 Å². The molecule has 0 atom stereocenters. The van der Waals surface area contributed by atoms with E-state index in [2.05, 4.69) is 9.71 Å². The van der Waals surface area contributed by atoms with Crippen LogP contribution in [0.1, 0.15) is 5.56 Å². The van der Waals surface area contributed by atoms with Crippen LogP contribution >= 0.6 is 0 Å². The lowest BCUT2D eigenvalue weighted by Crippen LogP contribution is -2.18. The summed E-state index contributed by atoms with van der Waals surface area (Å²) in [7, 11) is -1.94. The maximum absolute atomic E-state index is 11.6. The highest BCUT2D eigenvalue weighted by atomic mass is 32.2. The molecule has 0 saturated carbocycles. The van der Waals surface area contributed by atoms with Crippen LogP contribution in [0, 0.1) is 6.92 Å². The maximum atomic E-state index is 11.6. The van der Waals surface area contributed by atoms with Gasteiger partial charge in [-0.1, -0.05) is 0 Å². The van der Waals surface area contributed by atoms with Gasteiger partial charge in [0.25, 0.3) is 0 Å². The van der Waals surface area contributed by atoms with Gasteiger partial charge in [0.2, 0.25) is 10.0 Å². The number of sulfonamides is 1. The van der Waals surface area contributed by atoms with E-state index in [-0.39, 0.29) is 0 Å².